The van der Waals surface area contributed by atoms with Gasteiger partial charge in [-0.15, -0.1) is 0 Å². The summed E-state index contributed by atoms with van der Waals surface area (Å²) < 4.78 is 0. The van der Waals surface area contributed by atoms with Crippen molar-refractivity contribution in [2.24, 2.45) is 11.5 Å². The zero-order valence-corrected chi connectivity index (χ0v) is 15.4. The fourth-order valence-corrected chi connectivity index (χ4v) is 3.31. The van der Waals surface area contributed by atoms with Gasteiger partial charge in [0.05, 0.1) is 0 Å². The van der Waals surface area contributed by atoms with Crippen molar-refractivity contribution in [2.45, 2.75) is 65.0 Å². The van der Waals surface area contributed by atoms with Gasteiger partial charge in [0.1, 0.15) is 5.66 Å². The summed E-state index contributed by atoms with van der Waals surface area (Å²) in [5, 5.41) is 0. The average Bonchev–Trinajstić information content (AvgIpc) is 2.56. The lowest BCUT2D eigenvalue weighted by molar-refractivity contribution is 0.564. The van der Waals surface area contributed by atoms with E-state index in [1.54, 1.807) is 0 Å². The molecule has 0 unspecified atom stereocenters. The summed E-state index contributed by atoms with van der Waals surface area (Å²) in [5.41, 5.74) is 18.3. The van der Waals surface area contributed by atoms with Crippen molar-refractivity contribution in [3.8, 4) is 0 Å². The third-order valence-electron chi connectivity index (χ3n) is 4.55. The number of nitrogens with two attached hydrogens (primary N) is 2. The highest BCUT2D eigenvalue weighted by molar-refractivity contribution is 5.42. The van der Waals surface area contributed by atoms with Crippen LogP contribution in [0, 0.1) is 0 Å². The molecule has 2 aromatic rings. The largest absolute Gasteiger partial charge is 0.306 e. The molecular weight excluding hydrogens is 292 g/mol. The van der Waals surface area contributed by atoms with E-state index in [2.05, 4.69) is 57.2 Å². The first kappa shape index (κ1) is 18.7. The summed E-state index contributed by atoms with van der Waals surface area (Å²) >= 11 is 0. The molecule has 0 saturated heterocycles. The van der Waals surface area contributed by atoms with Gasteiger partial charge in [-0.2, -0.15) is 0 Å². The predicted octanol–water partition coefficient (Wildman–Crippen LogP) is 4.66. The Labute approximate surface area is 147 Å². The first-order valence-electron chi connectivity index (χ1n) is 9.31. The van der Waals surface area contributed by atoms with Gasteiger partial charge in [-0.3, -0.25) is 0 Å². The Kier molecular flexibility index (Phi) is 6.59. The molecule has 0 aromatic heterocycles. The quantitative estimate of drug-likeness (QED) is 0.694. The standard InChI is InChI=1S/C22H32N2/c1-4-8-17-11-7-12-20(14-17)22(23,24)21-15-18(9-5-2)13-19(16-21)10-6-3/h7,11-16H,4-6,8-10,23-24H2,1-3H3. The zero-order valence-electron chi connectivity index (χ0n) is 15.4. The second kappa shape index (κ2) is 8.46. The van der Waals surface area contributed by atoms with Crippen LogP contribution >= 0.6 is 0 Å². The van der Waals surface area contributed by atoms with E-state index < -0.39 is 5.66 Å². The number of aryl methyl sites for hydroxylation is 3. The molecule has 0 heterocycles. The van der Waals surface area contributed by atoms with Gasteiger partial charge in [-0.05, 0) is 47.1 Å². The van der Waals surface area contributed by atoms with E-state index >= 15 is 0 Å². The lowest BCUT2D eigenvalue weighted by atomic mass is 9.88. The minimum atomic E-state index is -0.948. The lowest BCUT2D eigenvalue weighted by Gasteiger charge is -2.27. The van der Waals surface area contributed by atoms with E-state index in [9.17, 15) is 0 Å². The Bertz CT molecular complexity index is 635. The van der Waals surface area contributed by atoms with Crippen molar-refractivity contribution in [3.63, 3.8) is 0 Å². The molecular formula is C22H32N2. The summed E-state index contributed by atoms with van der Waals surface area (Å²) in [6, 6.07) is 15.1. The molecule has 0 radical (unpaired) electrons. The molecule has 0 atom stereocenters. The van der Waals surface area contributed by atoms with Crippen LogP contribution in [0.25, 0.3) is 0 Å². The number of rotatable bonds is 8. The number of hydrogen-bond donors (Lipinski definition) is 2. The SMILES string of the molecule is CCCc1cccc(C(N)(N)c2cc(CCC)cc(CCC)c2)c1. The zero-order chi connectivity index (χ0) is 17.6. The van der Waals surface area contributed by atoms with Crippen molar-refractivity contribution >= 4 is 0 Å². The van der Waals surface area contributed by atoms with E-state index in [0.717, 1.165) is 49.7 Å². The number of hydrogen-bond acceptors (Lipinski definition) is 2. The van der Waals surface area contributed by atoms with E-state index in [1.807, 2.05) is 6.07 Å². The van der Waals surface area contributed by atoms with Gasteiger partial charge in [0.15, 0.2) is 0 Å². The molecule has 0 fully saturated rings. The van der Waals surface area contributed by atoms with Crippen LogP contribution in [0.2, 0.25) is 0 Å². The maximum absolute atomic E-state index is 6.63. The van der Waals surface area contributed by atoms with Crippen LogP contribution in [0.15, 0.2) is 42.5 Å². The predicted molar refractivity (Wildman–Crippen MR) is 104 cm³/mol. The molecule has 2 heteroatoms. The first-order valence-corrected chi connectivity index (χ1v) is 9.31. The highest BCUT2D eigenvalue weighted by Gasteiger charge is 2.25. The van der Waals surface area contributed by atoms with E-state index in [4.69, 9.17) is 11.5 Å². The van der Waals surface area contributed by atoms with Gasteiger partial charge in [0.2, 0.25) is 0 Å². The Morgan fingerprint density at radius 1 is 0.667 bits per heavy atom. The van der Waals surface area contributed by atoms with E-state index in [1.165, 1.54) is 16.7 Å². The molecule has 0 aliphatic rings. The summed E-state index contributed by atoms with van der Waals surface area (Å²) in [7, 11) is 0. The Morgan fingerprint density at radius 2 is 1.17 bits per heavy atom. The molecule has 0 amide bonds. The third kappa shape index (κ3) is 4.46. The molecule has 24 heavy (non-hydrogen) atoms. The van der Waals surface area contributed by atoms with E-state index in [0.29, 0.717) is 0 Å². The van der Waals surface area contributed by atoms with Crippen LogP contribution in [0.1, 0.15) is 67.9 Å². The molecule has 2 rings (SSSR count). The van der Waals surface area contributed by atoms with Crippen LogP contribution < -0.4 is 11.5 Å². The Hall–Kier alpha value is -1.64. The fourth-order valence-electron chi connectivity index (χ4n) is 3.31. The smallest absolute Gasteiger partial charge is 0.116 e. The first-order chi connectivity index (χ1) is 11.5. The normalized spacial score (nSPS) is 11.7. The molecule has 0 aliphatic carbocycles. The summed E-state index contributed by atoms with van der Waals surface area (Å²) in [6.07, 6.45) is 6.57. The molecule has 0 aliphatic heterocycles. The Morgan fingerprint density at radius 3 is 1.71 bits per heavy atom. The van der Waals surface area contributed by atoms with Gasteiger partial charge >= 0.3 is 0 Å². The summed E-state index contributed by atoms with van der Waals surface area (Å²) in [6.45, 7) is 6.60. The van der Waals surface area contributed by atoms with Gasteiger partial charge in [-0.25, -0.2) is 0 Å². The van der Waals surface area contributed by atoms with Crippen LogP contribution in [-0.4, -0.2) is 0 Å². The fraction of sp³-hybridized carbons (Fsp3) is 0.455. The molecule has 4 N–H and O–H groups in total. The van der Waals surface area contributed by atoms with Crippen molar-refractivity contribution in [3.05, 3.63) is 70.3 Å². The van der Waals surface area contributed by atoms with Crippen LogP contribution in [0.5, 0.6) is 0 Å². The monoisotopic (exact) mass is 324 g/mol. The molecule has 0 saturated carbocycles. The third-order valence-corrected chi connectivity index (χ3v) is 4.55. The van der Waals surface area contributed by atoms with Gasteiger partial charge in [0, 0.05) is 0 Å². The van der Waals surface area contributed by atoms with Crippen molar-refractivity contribution in [2.75, 3.05) is 0 Å². The topological polar surface area (TPSA) is 52.0 Å². The van der Waals surface area contributed by atoms with Crippen molar-refractivity contribution in [1.82, 2.24) is 0 Å². The Balaban J connectivity index is 2.45. The minimum Gasteiger partial charge on any atom is -0.306 e. The second-order valence-electron chi connectivity index (χ2n) is 6.86. The number of benzene rings is 2. The minimum absolute atomic E-state index is 0.948. The molecule has 2 aromatic carbocycles. The maximum Gasteiger partial charge on any atom is 0.116 e. The summed E-state index contributed by atoms with van der Waals surface area (Å²) in [4.78, 5) is 0. The van der Waals surface area contributed by atoms with Crippen molar-refractivity contribution in [1.29, 1.82) is 0 Å². The average molecular weight is 325 g/mol. The van der Waals surface area contributed by atoms with Crippen LogP contribution in [0.3, 0.4) is 0 Å². The summed E-state index contributed by atoms with van der Waals surface area (Å²) in [5.74, 6) is 0. The molecule has 130 valence electrons. The second-order valence-corrected chi connectivity index (χ2v) is 6.86. The molecule has 2 nitrogen and oxygen atoms in total. The van der Waals surface area contributed by atoms with Crippen LogP contribution in [0.4, 0.5) is 0 Å². The van der Waals surface area contributed by atoms with Gasteiger partial charge < -0.3 is 11.5 Å². The van der Waals surface area contributed by atoms with E-state index in [-0.39, 0.29) is 0 Å². The van der Waals surface area contributed by atoms with Crippen molar-refractivity contribution < 1.29 is 0 Å². The van der Waals surface area contributed by atoms with Gasteiger partial charge in [0.25, 0.3) is 0 Å². The van der Waals surface area contributed by atoms with Gasteiger partial charge in [-0.1, -0.05) is 82.5 Å². The lowest BCUT2D eigenvalue weighted by Crippen LogP contribution is -2.47. The molecule has 0 bridgehead atoms. The maximum atomic E-state index is 6.63. The highest BCUT2D eigenvalue weighted by Crippen LogP contribution is 2.26. The highest BCUT2D eigenvalue weighted by atomic mass is 15.0. The van der Waals surface area contributed by atoms with Crippen LogP contribution in [-0.2, 0) is 24.9 Å². The molecule has 0 spiro atoms.